The van der Waals surface area contributed by atoms with Crippen LogP contribution < -0.4 is 4.90 Å². The van der Waals surface area contributed by atoms with E-state index >= 15 is 0 Å². The first-order valence-corrected chi connectivity index (χ1v) is 6.29. The van der Waals surface area contributed by atoms with Crippen LogP contribution in [0.4, 0.5) is 5.13 Å². The molecule has 1 aromatic heterocycles. The summed E-state index contributed by atoms with van der Waals surface area (Å²) in [4.78, 5) is 23.9. The van der Waals surface area contributed by atoms with Crippen molar-refractivity contribution < 1.29 is 9.59 Å². The molecule has 0 spiro atoms. The molecule has 1 saturated heterocycles. The molecule has 1 aliphatic rings. The third-order valence-electron chi connectivity index (χ3n) is 1.88. The summed E-state index contributed by atoms with van der Waals surface area (Å²) >= 11 is 2.93. The lowest BCUT2D eigenvalue weighted by atomic mass is 10.3. The van der Waals surface area contributed by atoms with E-state index in [2.05, 4.69) is 10.2 Å². The van der Waals surface area contributed by atoms with Crippen LogP contribution in [-0.4, -0.2) is 34.2 Å². The third kappa shape index (κ3) is 2.18. The van der Waals surface area contributed by atoms with Crippen molar-refractivity contribution in [2.45, 2.75) is 17.7 Å². The van der Waals surface area contributed by atoms with Crippen LogP contribution in [0.15, 0.2) is 4.34 Å². The zero-order valence-corrected chi connectivity index (χ0v) is 9.73. The Bertz CT molecular complexity index is 404. The molecule has 0 N–H and O–H groups in total. The van der Waals surface area contributed by atoms with E-state index in [1.54, 1.807) is 11.8 Å². The van der Waals surface area contributed by atoms with Gasteiger partial charge in [-0.05, 0) is 5.75 Å². The number of anilines is 1. The van der Waals surface area contributed by atoms with Crippen LogP contribution in [0.3, 0.4) is 0 Å². The molecule has 2 rings (SSSR count). The molecule has 0 unspecified atom stereocenters. The second-order valence-electron chi connectivity index (χ2n) is 2.98. The fraction of sp³-hybridized carbons (Fsp3) is 0.500. The first-order valence-electron chi connectivity index (χ1n) is 4.49. The zero-order valence-electron chi connectivity index (χ0n) is 8.10. The second kappa shape index (κ2) is 4.28. The molecule has 0 atom stereocenters. The van der Waals surface area contributed by atoms with Gasteiger partial charge in [0.25, 0.3) is 0 Å². The minimum Gasteiger partial charge on any atom is -0.297 e. The van der Waals surface area contributed by atoms with E-state index in [0.717, 1.165) is 10.1 Å². The Balaban J connectivity index is 2.15. The van der Waals surface area contributed by atoms with Gasteiger partial charge >= 0.3 is 0 Å². The summed E-state index contributed by atoms with van der Waals surface area (Å²) in [6, 6.07) is 0. The predicted molar refractivity (Wildman–Crippen MR) is 58.3 cm³/mol. The number of carbonyl (C=O) groups excluding carboxylic acids is 2. The van der Waals surface area contributed by atoms with Gasteiger partial charge in [0.15, 0.2) is 10.1 Å². The molecule has 2 heterocycles. The number of amides is 1. The normalized spacial score (nSPS) is 16.5. The number of hydrogen-bond donors (Lipinski definition) is 0. The molecule has 15 heavy (non-hydrogen) atoms. The van der Waals surface area contributed by atoms with Crippen molar-refractivity contribution in [1.82, 2.24) is 10.2 Å². The molecule has 0 bridgehead atoms. The van der Waals surface area contributed by atoms with Gasteiger partial charge in [-0.1, -0.05) is 30.0 Å². The summed E-state index contributed by atoms with van der Waals surface area (Å²) < 4.78 is 0.833. The fourth-order valence-electron chi connectivity index (χ4n) is 1.25. The van der Waals surface area contributed by atoms with Crippen molar-refractivity contribution in [2.24, 2.45) is 0 Å². The highest BCUT2D eigenvalue weighted by Crippen LogP contribution is 2.29. The summed E-state index contributed by atoms with van der Waals surface area (Å²) in [5.74, 6) is 0.686. The Labute approximate surface area is 94.9 Å². The van der Waals surface area contributed by atoms with Gasteiger partial charge in [0.05, 0.1) is 13.0 Å². The maximum atomic E-state index is 11.4. The van der Waals surface area contributed by atoms with E-state index in [0.29, 0.717) is 5.13 Å². The van der Waals surface area contributed by atoms with Crippen molar-refractivity contribution in [2.75, 3.05) is 17.2 Å². The number of ketones is 1. The molecule has 5 nitrogen and oxygen atoms in total. The standard InChI is InChI=1S/C8H9N3O2S2/c1-2-14-8-10-9-7(15-8)11-4-5(12)3-6(11)13/h2-4H2,1H3. The molecule has 1 amide bonds. The summed E-state index contributed by atoms with van der Waals surface area (Å²) in [6.45, 7) is 2.17. The lowest BCUT2D eigenvalue weighted by Gasteiger charge is -2.07. The lowest BCUT2D eigenvalue weighted by Crippen LogP contribution is -2.24. The first kappa shape index (κ1) is 10.6. The van der Waals surface area contributed by atoms with Crippen LogP contribution >= 0.6 is 23.1 Å². The van der Waals surface area contributed by atoms with Gasteiger partial charge in [-0.3, -0.25) is 14.5 Å². The van der Waals surface area contributed by atoms with Crippen molar-refractivity contribution >= 4 is 39.9 Å². The van der Waals surface area contributed by atoms with Crippen molar-refractivity contribution in [1.29, 1.82) is 0 Å². The SMILES string of the molecule is CCSc1nnc(N2CC(=O)CC2=O)s1. The van der Waals surface area contributed by atoms with E-state index in [1.807, 2.05) is 6.92 Å². The van der Waals surface area contributed by atoms with Crippen LogP contribution in [0.25, 0.3) is 0 Å². The zero-order chi connectivity index (χ0) is 10.8. The quantitative estimate of drug-likeness (QED) is 0.449. The molecule has 1 aliphatic heterocycles. The minimum atomic E-state index is -0.177. The molecule has 80 valence electrons. The van der Waals surface area contributed by atoms with Crippen molar-refractivity contribution in [3.8, 4) is 0 Å². The maximum absolute atomic E-state index is 11.4. The Hall–Kier alpha value is -0.950. The second-order valence-corrected chi connectivity index (χ2v) is 5.45. The summed E-state index contributed by atoms with van der Waals surface area (Å²) in [5.41, 5.74) is 0. The molecular formula is C8H9N3O2S2. The maximum Gasteiger partial charge on any atom is 0.236 e. The molecule has 0 aromatic carbocycles. The molecule has 0 aliphatic carbocycles. The highest BCUT2D eigenvalue weighted by molar-refractivity contribution is 8.01. The molecule has 1 aromatic rings. The number of Topliss-reactive ketones (excluding diaryl/α,β-unsaturated/α-hetero) is 1. The van der Waals surface area contributed by atoms with Crippen molar-refractivity contribution in [3.05, 3.63) is 0 Å². The van der Waals surface area contributed by atoms with Gasteiger partial charge < -0.3 is 0 Å². The Morgan fingerprint density at radius 2 is 2.27 bits per heavy atom. The highest BCUT2D eigenvalue weighted by Gasteiger charge is 2.30. The van der Waals surface area contributed by atoms with Crippen LogP contribution in [0.2, 0.25) is 0 Å². The number of hydrogen-bond acceptors (Lipinski definition) is 6. The average Bonchev–Trinajstić information content (AvgIpc) is 2.73. The van der Waals surface area contributed by atoms with Gasteiger partial charge in [0.1, 0.15) is 0 Å². The Morgan fingerprint density at radius 3 is 2.87 bits per heavy atom. The van der Waals surface area contributed by atoms with E-state index in [9.17, 15) is 9.59 Å². The fourth-order valence-corrected chi connectivity index (χ4v) is 3.01. The molecule has 0 radical (unpaired) electrons. The number of rotatable bonds is 3. The van der Waals surface area contributed by atoms with Crippen LogP contribution in [-0.2, 0) is 9.59 Å². The summed E-state index contributed by atoms with van der Waals surface area (Å²) in [6.07, 6.45) is -0.00413. The summed E-state index contributed by atoms with van der Waals surface area (Å²) in [5, 5.41) is 8.37. The highest BCUT2D eigenvalue weighted by atomic mass is 32.2. The lowest BCUT2D eigenvalue weighted by molar-refractivity contribution is -0.121. The van der Waals surface area contributed by atoms with E-state index < -0.39 is 0 Å². The summed E-state index contributed by atoms with van der Waals surface area (Å²) in [7, 11) is 0. The van der Waals surface area contributed by atoms with Crippen LogP contribution in [0.1, 0.15) is 13.3 Å². The van der Waals surface area contributed by atoms with E-state index in [1.165, 1.54) is 16.2 Å². The van der Waals surface area contributed by atoms with E-state index in [4.69, 9.17) is 0 Å². The molecule has 0 saturated carbocycles. The predicted octanol–water partition coefficient (Wildman–Crippen LogP) is 0.956. The molecule has 1 fully saturated rings. The number of aromatic nitrogens is 2. The van der Waals surface area contributed by atoms with Gasteiger partial charge in [-0.25, -0.2) is 0 Å². The topological polar surface area (TPSA) is 63.2 Å². The van der Waals surface area contributed by atoms with Gasteiger partial charge in [-0.2, -0.15) is 0 Å². The van der Waals surface area contributed by atoms with Gasteiger partial charge in [-0.15, -0.1) is 10.2 Å². The third-order valence-corrected chi connectivity index (χ3v) is 3.84. The van der Waals surface area contributed by atoms with Crippen LogP contribution in [0.5, 0.6) is 0 Å². The van der Waals surface area contributed by atoms with Crippen LogP contribution in [0, 0.1) is 0 Å². The van der Waals surface area contributed by atoms with E-state index in [-0.39, 0.29) is 24.7 Å². The first-order chi connectivity index (χ1) is 7.20. The average molecular weight is 243 g/mol. The molecule has 7 heteroatoms. The largest absolute Gasteiger partial charge is 0.297 e. The number of carbonyl (C=O) groups is 2. The monoisotopic (exact) mass is 243 g/mol. The van der Waals surface area contributed by atoms with Gasteiger partial charge in [0, 0.05) is 0 Å². The van der Waals surface area contributed by atoms with Gasteiger partial charge in [0.2, 0.25) is 11.0 Å². The number of nitrogens with zero attached hydrogens (tertiary/aromatic N) is 3. The molecular weight excluding hydrogens is 234 g/mol. The Kier molecular flexibility index (Phi) is 3.01. The smallest absolute Gasteiger partial charge is 0.236 e. The van der Waals surface area contributed by atoms with Crippen molar-refractivity contribution in [3.63, 3.8) is 0 Å². The minimum absolute atomic E-state index is 0.00413. The number of thioether (sulfide) groups is 1. The Morgan fingerprint density at radius 1 is 1.47 bits per heavy atom.